The van der Waals surface area contributed by atoms with Crippen LogP contribution < -0.4 is 5.73 Å². The Morgan fingerprint density at radius 1 is 1.05 bits per heavy atom. The van der Waals surface area contributed by atoms with E-state index in [1.165, 1.54) is 29.9 Å². The number of amides is 1. The summed E-state index contributed by atoms with van der Waals surface area (Å²) in [6, 6.07) is 6.68. The number of ketones is 1. The zero-order valence-corrected chi connectivity index (χ0v) is 22.5. The van der Waals surface area contributed by atoms with Crippen molar-refractivity contribution in [1.29, 1.82) is 0 Å². The van der Waals surface area contributed by atoms with Gasteiger partial charge in [-0.25, -0.2) is 13.8 Å². The number of pyridine rings is 1. The molecule has 2 saturated heterocycles. The van der Waals surface area contributed by atoms with Crippen LogP contribution >= 0.6 is 0 Å². The second-order valence-corrected chi connectivity index (χ2v) is 10.8. The van der Waals surface area contributed by atoms with E-state index in [-0.39, 0.29) is 46.9 Å². The number of benzene rings is 1. The van der Waals surface area contributed by atoms with Crippen molar-refractivity contribution in [2.24, 2.45) is 0 Å². The maximum absolute atomic E-state index is 14.3. The molecule has 2 aliphatic rings. The first-order chi connectivity index (χ1) is 20.3. The van der Waals surface area contributed by atoms with Crippen LogP contribution in [0, 0.1) is 11.6 Å². The number of nitrogens with zero attached hydrogens (tertiary/aromatic N) is 7. The summed E-state index contributed by atoms with van der Waals surface area (Å²) < 4.78 is 29.1. The van der Waals surface area contributed by atoms with Gasteiger partial charge in [0.1, 0.15) is 23.8 Å². The fraction of sp³-hybridized carbons (Fsp3) is 0.276. The van der Waals surface area contributed by atoms with Gasteiger partial charge in [-0.2, -0.15) is 9.61 Å². The molecule has 2 fully saturated rings. The van der Waals surface area contributed by atoms with Crippen molar-refractivity contribution in [1.82, 2.24) is 39.7 Å². The Morgan fingerprint density at radius 3 is 2.48 bits per heavy atom. The smallest absolute Gasteiger partial charge is 0.292 e. The van der Waals surface area contributed by atoms with Gasteiger partial charge in [0.15, 0.2) is 11.4 Å². The van der Waals surface area contributed by atoms with Gasteiger partial charge in [0.2, 0.25) is 5.82 Å². The number of nitrogens with two attached hydrogens (primary N) is 1. The zero-order chi connectivity index (χ0) is 29.1. The number of Topliss-reactive ketones (excluding diaryl/α,β-unsaturated/α-hetero) is 1. The van der Waals surface area contributed by atoms with E-state index in [1.54, 1.807) is 24.5 Å². The molecule has 3 N–H and O–H groups in total. The number of carbonyl (C=O) groups is 2. The number of piperidine rings is 1. The number of aromatic amines is 1. The minimum absolute atomic E-state index is 0.0293. The number of rotatable bonds is 5. The third-order valence-corrected chi connectivity index (χ3v) is 8.32. The largest absolute Gasteiger partial charge is 0.383 e. The first-order valence-electron chi connectivity index (χ1n) is 13.6. The van der Waals surface area contributed by atoms with Gasteiger partial charge in [0, 0.05) is 47.0 Å². The van der Waals surface area contributed by atoms with E-state index in [4.69, 9.17) is 10.7 Å². The van der Waals surface area contributed by atoms with Crippen molar-refractivity contribution in [2.45, 2.75) is 50.6 Å². The van der Waals surface area contributed by atoms with Crippen LogP contribution in [0.2, 0.25) is 0 Å². The fourth-order valence-electron chi connectivity index (χ4n) is 6.47. The first kappa shape index (κ1) is 25.9. The SMILES string of the molecule is CC(=O)c1c([C@@H]2C[C@H]3CC[C@@H](C2)N3C(=O)c2nnc[nH]2)nc2c(-c3ccc(-c4ccc(F)cc4F)nc3)cnn2c1N. The molecule has 7 rings (SSSR count). The van der Waals surface area contributed by atoms with E-state index in [0.717, 1.165) is 18.9 Å². The van der Waals surface area contributed by atoms with Gasteiger partial charge in [-0.15, -0.1) is 10.2 Å². The Kier molecular flexibility index (Phi) is 6.03. The lowest BCUT2D eigenvalue weighted by molar-refractivity contribution is 0.0556. The molecule has 4 aromatic heterocycles. The Hall–Kier alpha value is -5.07. The monoisotopic (exact) mass is 569 g/mol. The molecule has 42 heavy (non-hydrogen) atoms. The summed E-state index contributed by atoms with van der Waals surface area (Å²) in [5.41, 5.74) is 9.76. The predicted octanol–water partition coefficient (Wildman–Crippen LogP) is 4.19. The molecule has 0 aliphatic carbocycles. The van der Waals surface area contributed by atoms with Gasteiger partial charge in [0.05, 0.1) is 23.1 Å². The molecule has 2 aliphatic heterocycles. The van der Waals surface area contributed by atoms with E-state index in [2.05, 4.69) is 25.3 Å². The molecule has 1 amide bonds. The van der Waals surface area contributed by atoms with Crippen molar-refractivity contribution in [2.75, 3.05) is 5.73 Å². The number of nitrogen functional groups attached to an aromatic ring is 1. The van der Waals surface area contributed by atoms with Crippen molar-refractivity contribution < 1.29 is 18.4 Å². The predicted molar refractivity (Wildman–Crippen MR) is 147 cm³/mol. The summed E-state index contributed by atoms with van der Waals surface area (Å²) in [5.74, 6) is -1.45. The highest BCUT2D eigenvalue weighted by Crippen LogP contribution is 2.45. The van der Waals surface area contributed by atoms with Crippen LogP contribution in [0.3, 0.4) is 0 Å². The number of fused-ring (bicyclic) bond motifs is 3. The highest BCUT2D eigenvalue weighted by Gasteiger charge is 2.45. The van der Waals surface area contributed by atoms with E-state index in [1.807, 2.05) is 4.90 Å². The van der Waals surface area contributed by atoms with Gasteiger partial charge in [-0.05, 0) is 50.8 Å². The van der Waals surface area contributed by atoms with Crippen molar-refractivity contribution in [3.05, 3.63) is 77.8 Å². The fourth-order valence-corrected chi connectivity index (χ4v) is 6.47. The first-order valence-corrected chi connectivity index (χ1v) is 13.6. The average Bonchev–Trinajstić information content (AvgIpc) is 3.71. The van der Waals surface area contributed by atoms with E-state index < -0.39 is 11.6 Å². The minimum atomic E-state index is -0.704. The number of aromatic nitrogens is 7. The molecule has 1 aromatic carbocycles. The highest BCUT2D eigenvalue weighted by molar-refractivity contribution is 6.00. The van der Waals surface area contributed by atoms with Gasteiger partial charge in [-0.3, -0.25) is 14.6 Å². The van der Waals surface area contributed by atoms with Crippen LogP contribution in [-0.2, 0) is 0 Å². The molecule has 13 heteroatoms. The number of nitrogens with one attached hydrogen (secondary N) is 1. The summed E-state index contributed by atoms with van der Waals surface area (Å²) in [5, 5.41) is 12.0. The number of hydrogen-bond donors (Lipinski definition) is 2. The number of hydrogen-bond acceptors (Lipinski definition) is 8. The van der Waals surface area contributed by atoms with Gasteiger partial charge in [-0.1, -0.05) is 6.07 Å². The Morgan fingerprint density at radius 2 is 1.83 bits per heavy atom. The number of carbonyl (C=O) groups excluding carboxylic acids is 2. The third-order valence-electron chi connectivity index (χ3n) is 8.32. The van der Waals surface area contributed by atoms with Crippen molar-refractivity contribution in [3.63, 3.8) is 0 Å². The quantitative estimate of drug-likeness (QED) is 0.300. The highest BCUT2D eigenvalue weighted by atomic mass is 19.1. The Balaban J connectivity index is 1.25. The number of anilines is 1. The lowest BCUT2D eigenvalue weighted by Gasteiger charge is -2.38. The molecule has 0 saturated carbocycles. The lowest BCUT2D eigenvalue weighted by Crippen LogP contribution is -2.46. The number of halogens is 2. The molecule has 5 aromatic rings. The van der Waals surface area contributed by atoms with Crippen LogP contribution in [0.1, 0.15) is 65.2 Å². The van der Waals surface area contributed by atoms with Crippen LogP contribution in [0.5, 0.6) is 0 Å². The second kappa shape index (κ2) is 9.79. The summed E-state index contributed by atoms with van der Waals surface area (Å²) in [4.78, 5) is 40.1. The summed E-state index contributed by atoms with van der Waals surface area (Å²) in [6.45, 7) is 1.46. The van der Waals surface area contributed by atoms with E-state index in [0.29, 0.717) is 46.6 Å². The van der Waals surface area contributed by atoms with E-state index >= 15 is 0 Å². The Labute approximate surface area is 237 Å². The van der Waals surface area contributed by atoms with Gasteiger partial charge < -0.3 is 15.6 Å². The molecule has 0 spiro atoms. The lowest BCUT2D eigenvalue weighted by atomic mass is 9.85. The van der Waals surface area contributed by atoms with Crippen LogP contribution in [0.4, 0.5) is 14.6 Å². The molecule has 212 valence electrons. The van der Waals surface area contributed by atoms with E-state index in [9.17, 15) is 18.4 Å². The normalized spacial score (nSPS) is 19.9. The molecular formula is C29H25F2N9O2. The molecule has 6 heterocycles. The third kappa shape index (κ3) is 4.11. The second-order valence-electron chi connectivity index (χ2n) is 10.8. The van der Waals surface area contributed by atoms with Crippen molar-refractivity contribution >= 4 is 23.2 Å². The van der Waals surface area contributed by atoms with Crippen LogP contribution in [-0.4, -0.2) is 63.4 Å². The average molecular weight is 570 g/mol. The van der Waals surface area contributed by atoms with Crippen LogP contribution in [0.25, 0.3) is 28.0 Å². The van der Waals surface area contributed by atoms with Gasteiger partial charge >= 0.3 is 0 Å². The minimum Gasteiger partial charge on any atom is -0.383 e. The standard InChI is InChI=1S/C29H25F2N9O2/c1-14(41)24-25(16-8-18-4-5-19(9-16)39(18)29(42)27-34-13-35-38-27)37-28-21(12-36-40(28)26(24)32)15-2-7-23(33-11-15)20-6-3-17(30)10-22(20)31/h2-3,6-7,10-13,16,18-19H,4-5,8-9,32H2,1H3,(H,34,35,38)/t16-,18-,19+. The topological polar surface area (TPSA) is 148 Å². The maximum atomic E-state index is 14.3. The van der Waals surface area contributed by atoms with Crippen molar-refractivity contribution in [3.8, 4) is 22.4 Å². The number of H-pyrrole nitrogens is 1. The Bertz CT molecular complexity index is 1840. The van der Waals surface area contributed by atoms with Crippen LogP contribution in [0.15, 0.2) is 49.1 Å². The van der Waals surface area contributed by atoms with Gasteiger partial charge in [0.25, 0.3) is 5.91 Å². The molecule has 0 radical (unpaired) electrons. The molecule has 11 nitrogen and oxygen atoms in total. The zero-order valence-electron chi connectivity index (χ0n) is 22.5. The molecule has 3 atom stereocenters. The molecule has 2 bridgehead atoms. The molecule has 0 unspecified atom stereocenters. The summed E-state index contributed by atoms with van der Waals surface area (Å²) in [7, 11) is 0. The summed E-state index contributed by atoms with van der Waals surface area (Å²) in [6.07, 6.45) is 7.50. The summed E-state index contributed by atoms with van der Waals surface area (Å²) >= 11 is 0. The maximum Gasteiger partial charge on any atom is 0.292 e. The molecular weight excluding hydrogens is 544 g/mol.